The zero-order valence-electron chi connectivity index (χ0n) is 9.12. The minimum atomic E-state index is -0.200. The summed E-state index contributed by atoms with van der Waals surface area (Å²) < 4.78 is 13.5. The van der Waals surface area contributed by atoms with Gasteiger partial charge >= 0.3 is 0 Å². The minimum Gasteiger partial charge on any atom is -0.354 e. The molecule has 82 valence electrons. The summed E-state index contributed by atoms with van der Waals surface area (Å²) in [5.41, 5.74) is 0. The third-order valence-electron chi connectivity index (χ3n) is 3.13. The zero-order chi connectivity index (χ0) is 10.7. The van der Waals surface area contributed by atoms with Crippen LogP contribution in [0.4, 0.5) is 10.2 Å². The number of nitrogens with zero attached hydrogens (tertiary/aromatic N) is 2. The van der Waals surface area contributed by atoms with Crippen LogP contribution in [0.2, 0.25) is 0 Å². The molecular formula is C12H17FN2. The van der Waals surface area contributed by atoms with E-state index in [0.717, 1.165) is 19.5 Å². The van der Waals surface area contributed by atoms with E-state index in [0.29, 0.717) is 11.7 Å². The third-order valence-corrected chi connectivity index (χ3v) is 3.13. The van der Waals surface area contributed by atoms with E-state index in [1.165, 1.54) is 18.9 Å². The van der Waals surface area contributed by atoms with Gasteiger partial charge in [0.15, 0.2) is 11.6 Å². The summed E-state index contributed by atoms with van der Waals surface area (Å²) in [7, 11) is 0. The summed E-state index contributed by atoms with van der Waals surface area (Å²) in [6.07, 6.45) is 5.24. The number of piperidine rings is 1. The molecule has 0 unspecified atom stereocenters. The van der Waals surface area contributed by atoms with Gasteiger partial charge in [0.05, 0.1) is 0 Å². The van der Waals surface area contributed by atoms with Gasteiger partial charge in [-0.3, -0.25) is 0 Å². The lowest BCUT2D eigenvalue weighted by atomic mass is 9.96. The van der Waals surface area contributed by atoms with Gasteiger partial charge in [-0.2, -0.15) is 0 Å². The highest BCUT2D eigenvalue weighted by atomic mass is 19.1. The average Bonchev–Trinajstić information content (AvgIpc) is 2.30. The first kappa shape index (κ1) is 10.4. The maximum Gasteiger partial charge on any atom is 0.165 e. The minimum absolute atomic E-state index is 0.200. The van der Waals surface area contributed by atoms with E-state index in [-0.39, 0.29) is 5.82 Å². The van der Waals surface area contributed by atoms with Gasteiger partial charge in [0.2, 0.25) is 0 Å². The highest BCUT2D eigenvalue weighted by Gasteiger charge is 2.21. The van der Waals surface area contributed by atoms with Crippen molar-refractivity contribution in [3.05, 3.63) is 24.1 Å². The highest BCUT2D eigenvalue weighted by molar-refractivity contribution is 5.39. The molecule has 1 aromatic heterocycles. The fourth-order valence-electron chi connectivity index (χ4n) is 2.20. The number of hydrogen-bond donors (Lipinski definition) is 0. The molecule has 0 aliphatic carbocycles. The molecule has 0 bridgehead atoms. The van der Waals surface area contributed by atoms with E-state index in [4.69, 9.17) is 0 Å². The molecule has 2 nitrogen and oxygen atoms in total. The van der Waals surface area contributed by atoms with Crippen LogP contribution >= 0.6 is 0 Å². The van der Waals surface area contributed by atoms with Crippen molar-refractivity contribution in [2.24, 2.45) is 5.92 Å². The van der Waals surface area contributed by atoms with E-state index < -0.39 is 0 Å². The molecule has 0 radical (unpaired) electrons. The predicted molar refractivity (Wildman–Crippen MR) is 59.4 cm³/mol. The Bertz CT molecular complexity index is 327. The average molecular weight is 208 g/mol. The molecule has 1 atom stereocenters. The normalized spacial score (nSPS) is 21.7. The molecule has 15 heavy (non-hydrogen) atoms. The van der Waals surface area contributed by atoms with Crippen molar-refractivity contribution in [2.45, 2.75) is 26.2 Å². The Kier molecular flexibility index (Phi) is 3.19. The molecule has 3 heteroatoms. The molecule has 0 spiro atoms. The smallest absolute Gasteiger partial charge is 0.165 e. The molecule has 2 heterocycles. The SMILES string of the molecule is CC[C@@H]1CCCN(c2ncccc2F)C1. The van der Waals surface area contributed by atoms with Gasteiger partial charge < -0.3 is 4.90 Å². The summed E-state index contributed by atoms with van der Waals surface area (Å²) in [4.78, 5) is 6.20. The van der Waals surface area contributed by atoms with Crippen molar-refractivity contribution in [1.29, 1.82) is 0 Å². The van der Waals surface area contributed by atoms with E-state index in [1.807, 2.05) is 0 Å². The number of pyridine rings is 1. The van der Waals surface area contributed by atoms with Crippen molar-refractivity contribution >= 4 is 5.82 Å². The Morgan fingerprint density at radius 3 is 3.20 bits per heavy atom. The number of rotatable bonds is 2. The molecule has 1 saturated heterocycles. The van der Waals surface area contributed by atoms with Gasteiger partial charge in [-0.25, -0.2) is 9.37 Å². The number of hydrogen-bond acceptors (Lipinski definition) is 2. The van der Waals surface area contributed by atoms with E-state index in [9.17, 15) is 4.39 Å². The zero-order valence-corrected chi connectivity index (χ0v) is 9.12. The first-order chi connectivity index (χ1) is 7.31. The molecule has 1 aromatic rings. The molecule has 2 rings (SSSR count). The monoisotopic (exact) mass is 208 g/mol. The fourth-order valence-corrected chi connectivity index (χ4v) is 2.20. The van der Waals surface area contributed by atoms with E-state index >= 15 is 0 Å². The second kappa shape index (κ2) is 4.60. The Morgan fingerprint density at radius 2 is 2.47 bits per heavy atom. The number of anilines is 1. The van der Waals surface area contributed by atoms with Crippen molar-refractivity contribution in [1.82, 2.24) is 4.98 Å². The van der Waals surface area contributed by atoms with Crippen LogP contribution in [0.3, 0.4) is 0 Å². The summed E-state index contributed by atoms with van der Waals surface area (Å²) >= 11 is 0. The molecule has 1 fully saturated rings. The Hall–Kier alpha value is -1.12. The first-order valence-electron chi connectivity index (χ1n) is 5.66. The summed E-state index contributed by atoms with van der Waals surface area (Å²) in [5, 5.41) is 0. The van der Waals surface area contributed by atoms with Crippen LogP contribution in [0, 0.1) is 11.7 Å². The summed E-state index contributed by atoms with van der Waals surface area (Å²) in [6.45, 7) is 4.08. The Balaban J connectivity index is 2.13. The van der Waals surface area contributed by atoms with Gasteiger partial charge in [-0.05, 0) is 30.9 Å². The fraction of sp³-hybridized carbons (Fsp3) is 0.583. The number of aromatic nitrogens is 1. The van der Waals surface area contributed by atoms with Crippen LogP contribution < -0.4 is 4.90 Å². The van der Waals surface area contributed by atoms with Crippen LogP contribution in [0.5, 0.6) is 0 Å². The first-order valence-corrected chi connectivity index (χ1v) is 5.66. The van der Waals surface area contributed by atoms with Crippen LogP contribution in [-0.4, -0.2) is 18.1 Å². The van der Waals surface area contributed by atoms with Crippen molar-refractivity contribution in [3.8, 4) is 0 Å². The predicted octanol–water partition coefficient (Wildman–Crippen LogP) is 2.85. The topological polar surface area (TPSA) is 16.1 Å². The molecule has 0 saturated carbocycles. The maximum atomic E-state index is 13.5. The molecule has 1 aliphatic heterocycles. The quantitative estimate of drug-likeness (QED) is 0.743. The molecule has 0 N–H and O–H groups in total. The maximum absolute atomic E-state index is 13.5. The third kappa shape index (κ3) is 2.28. The van der Waals surface area contributed by atoms with Crippen LogP contribution in [0.25, 0.3) is 0 Å². The van der Waals surface area contributed by atoms with Crippen LogP contribution in [-0.2, 0) is 0 Å². The molecular weight excluding hydrogens is 191 g/mol. The van der Waals surface area contributed by atoms with Gasteiger partial charge in [0.1, 0.15) is 0 Å². The van der Waals surface area contributed by atoms with Crippen LogP contribution in [0.1, 0.15) is 26.2 Å². The summed E-state index contributed by atoms with van der Waals surface area (Å²) in [6, 6.07) is 3.12. The molecule has 0 aromatic carbocycles. The lowest BCUT2D eigenvalue weighted by Crippen LogP contribution is -2.36. The second-order valence-electron chi connectivity index (χ2n) is 4.17. The largest absolute Gasteiger partial charge is 0.354 e. The van der Waals surface area contributed by atoms with Crippen LogP contribution in [0.15, 0.2) is 18.3 Å². The Labute approximate surface area is 90.1 Å². The lowest BCUT2D eigenvalue weighted by Gasteiger charge is -2.33. The van der Waals surface area contributed by atoms with Gasteiger partial charge in [-0.15, -0.1) is 0 Å². The molecule has 1 aliphatic rings. The van der Waals surface area contributed by atoms with Crippen molar-refractivity contribution < 1.29 is 4.39 Å². The standard InChI is InChI=1S/C12H17FN2/c1-2-10-5-4-8-15(9-10)12-11(13)6-3-7-14-12/h3,6-7,10H,2,4-5,8-9H2,1H3/t10-/m1/s1. The van der Waals surface area contributed by atoms with Gasteiger partial charge in [-0.1, -0.05) is 13.3 Å². The Morgan fingerprint density at radius 1 is 1.60 bits per heavy atom. The molecule has 0 amide bonds. The highest BCUT2D eigenvalue weighted by Crippen LogP contribution is 2.24. The summed E-state index contributed by atoms with van der Waals surface area (Å²) in [5.74, 6) is 1.02. The number of halogens is 1. The van der Waals surface area contributed by atoms with E-state index in [2.05, 4.69) is 16.8 Å². The van der Waals surface area contributed by atoms with Gasteiger partial charge in [0, 0.05) is 19.3 Å². The van der Waals surface area contributed by atoms with Crippen molar-refractivity contribution in [3.63, 3.8) is 0 Å². The second-order valence-corrected chi connectivity index (χ2v) is 4.17. The van der Waals surface area contributed by atoms with Gasteiger partial charge in [0.25, 0.3) is 0 Å². The van der Waals surface area contributed by atoms with Crippen molar-refractivity contribution in [2.75, 3.05) is 18.0 Å². The van der Waals surface area contributed by atoms with E-state index in [1.54, 1.807) is 12.3 Å². The lowest BCUT2D eigenvalue weighted by molar-refractivity contribution is 0.399.